The van der Waals surface area contributed by atoms with Crippen molar-refractivity contribution in [2.75, 3.05) is 0 Å². The van der Waals surface area contributed by atoms with Gasteiger partial charge in [0.1, 0.15) is 0 Å². The van der Waals surface area contributed by atoms with E-state index in [1.54, 1.807) is 11.3 Å². The van der Waals surface area contributed by atoms with Gasteiger partial charge in [0, 0.05) is 23.9 Å². The van der Waals surface area contributed by atoms with E-state index in [0.717, 1.165) is 24.0 Å². The van der Waals surface area contributed by atoms with Crippen molar-refractivity contribution in [3.05, 3.63) is 53.0 Å². The lowest BCUT2D eigenvalue weighted by molar-refractivity contribution is 0.463. The highest BCUT2D eigenvalue weighted by Crippen LogP contribution is 2.15. The Bertz CT molecular complexity index is 644. The molecule has 0 spiro atoms. The number of para-hydroxylation sites is 2. The van der Waals surface area contributed by atoms with Crippen molar-refractivity contribution >= 4 is 22.4 Å². The van der Waals surface area contributed by atoms with Crippen LogP contribution in [0.5, 0.6) is 0 Å². The van der Waals surface area contributed by atoms with E-state index in [1.165, 1.54) is 4.88 Å². The fourth-order valence-electron chi connectivity index (χ4n) is 2.24. The average molecular weight is 272 g/mol. The van der Waals surface area contributed by atoms with Crippen LogP contribution in [0, 0.1) is 0 Å². The first-order chi connectivity index (χ1) is 9.36. The molecule has 19 heavy (non-hydrogen) atoms. The first kappa shape index (κ1) is 12.3. The molecule has 2 aromatic heterocycles. The Morgan fingerprint density at radius 3 is 2.95 bits per heavy atom. The molecule has 1 atom stereocenters. The van der Waals surface area contributed by atoms with E-state index in [1.807, 2.05) is 24.5 Å². The van der Waals surface area contributed by atoms with Crippen LogP contribution in [-0.4, -0.2) is 15.6 Å². The lowest BCUT2D eigenvalue weighted by Crippen LogP contribution is -2.39. The largest absolute Gasteiger partial charge is 0.329 e. The molecule has 2 heterocycles. The van der Waals surface area contributed by atoms with Gasteiger partial charge in [-0.25, -0.2) is 4.98 Å². The van der Waals surface area contributed by atoms with Crippen LogP contribution >= 0.6 is 11.3 Å². The Labute approximate surface area is 115 Å². The molecule has 3 aromatic rings. The van der Waals surface area contributed by atoms with Crippen molar-refractivity contribution in [2.45, 2.75) is 19.0 Å². The van der Waals surface area contributed by atoms with Crippen LogP contribution < -0.4 is 11.3 Å². The Kier molecular flexibility index (Phi) is 3.59. The molecule has 1 aromatic carbocycles. The van der Waals surface area contributed by atoms with E-state index in [9.17, 15) is 0 Å². The lowest BCUT2D eigenvalue weighted by atomic mass is 10.2. The zero-order valence-electron chi connectivity index (χ0n) is 10.5. The standard InChI is InChI=1S/C14H16N4S/c15-17-11(8-12-4-3-7-19-12)9-18-10-16-13-5-1-2-6-14(13)18/h1-7,10-11,17H,8-9,15H2. The zero-order valence-corrected chi connectivity index (χ0v) is 11.3. The first-order valence-corrected chi connectivity index (χ1v) is 7.13. The lowest BCUT2D eigenvalue weighted by Gasteiger charge is -2.16. The number of aromatic nitrogens is 2. The number of benzene rings is 1. The predicted octanol–water partition coefficient (Wildman–Crippen LogP) is 2.17. The maximum absolute atomic E-state index is 5.67. The predicted molar refractivity (Wildman–Crippen MR) is 78.9 cm³/mol. The van der Waals surface area contributed by atoms with Crippen molar-refractivity contribution in [3.8, 4) is 0 Å². The Morgan fingerprint density at radius 1 is 1.26 bits per heavy atom. The number of nitrogens with zero attached hydrogens (tertiary/aromatic N) is 2. The van der Waals surface area contributed by atoms with Crippen molar-refractivity contribution in [3.63, 3.8) is 0 Å². The van der Waals surface area contributed by atoms with Crippen LogP contribution in [0.2, 0.25) is 0 Å². The fourth-order valence-corrected chi connectivity index (χ4v) is 3.03. The minimum atomic E-state index is 0.205. The minimum Gasteiger partial charge on any atom is -0.329 e. The van der Waals surface area contributed by atoms with Gasteiger partial charge < -0.3 is 4.57 Å². The monoisotopic (exact) mass is 272 g/mol. The number of hydrazine groups is 1. The first-order valence-electron chi connectivity index (χ1n) is 6.25. The van der Waals surface area contributed by atoms with Crippen molar-refractivity contribution in [2.24, 2.45) is 5.84 Å². The van der Waals surface area contributed by atoms with E-state index in [-0.39, 0.29) is 6.04 Å². The number of thiophene rings is 1. The van der Waals surface area contributed by atoms with E-state index >= 15 is 0 Å². The van der Waals surface area contributed by atoms with Crippen molar-refractivity contribution < 1.29 is 0 Å². The topological polar surface area (TPSA) is 55.9 Å². The van der Waals surface area contributed by atoms with Gasteiger partial charge in [0.2, 0.25) is 0 Å². The number of nitrogens with two attached hydrogens (primary N) is 1. The molecule has 0 saturated carbocycles. The van der Waals surface area contributed by atoms with Gasteiger partial charge >= 0.3 is 0 Å². The summed E-state index contributed by atoms with van der Waals surface area (Å²) in [4.78, 5) is 5.74. The summed E-state index contributed by atoms with van der Waals surface area (Å²) in [6.07, 6.45) is 2.81. The summed E-state index contributed by atoms with van der Waals surface area (Å²) in [5.41, 5.74) is 5.07. The second kappa shape index (κ2) is 5.52. The van der Waals surface area contributed by atoms with Gasteiger partial charge in [0.15, 0.2) is 0 Å². The molecule has 4 nitrogen and oxygen atoms in total. The van der Waals surface area contributed by atoms with Crippen LogP contribution in [0.25, 0.3) is 11.0 Å². The van der Waals surface area contributed by atoms with Gasteiger partial charge in [-0.1, -0.05) is 18.2 Å². The van der Waals surface area contributed by atoms with Crippen LogP contribution in [0.1, 0.15) is 4.88 Å². The molecule has 0 aliphatic rings. The smallest absolute Gasteiger partial charge is 0.0958 e. The highest BCUT2D eigenvalue weighted by molar-refractivity contribution is 7.09. The number of rotatable bonds is 5. The molecule has 0 aliphatic carbocycles. The third-order valence-electron chi connectivity index (χ3n) is 3.21. The molecular formula is C14H16N4S. The molecule has 5 heteroatoms. The number of hydrogen-bond donors (Lipinski definition) is 2. The maximum Gasteiger partial charge on any atom is 0.0958 e. The molecule has 1 unspecified atom stereocenters. The summed E-state index contributed by atoms with van der Waals surface area (Å²) in [6, 6.07) is 12.6. The van der Waals surface area contributed by atoms with Crippen LogP contribution in [0.4, 0.5) is 0 Å². The molecule has 0 fully saturated rings. The number of nitrogens with one attached hydrogen (secondary N) is 1. The van der Waals surface area contributed by atoms with Crippen LogP contribution in [0.3, 0.4) is 0 Å². The van der Waals surface area contributed by atoms with E-state index in [2.05, 4.69) is 38.6 Å². The van der Waals surface area contributed by atoms with Gasteiger partial charge in [-0.05, 0) is 23.6 Å². The Morgan fingerprint density at radius 2 is 2.16 bits per heavy atom. The highest BCUT2D eigenvalue weighted by Gasteiger charge is 2.11. The van der Waals surface area contributed by atoms with Gasteiger partial charge in [-0.2, -0.15) is 0 Å². The second-order valence-corrected chi connectivity index (χ2v) is 5.56. The van der Waals surface area contributed by atoms with E-state index < -0.39 is 0 Å². The molecule has 0 bridgehead atoms. The summed E-state index contributed by atoms with van der Waals surface area (Å²) < 4.78 is 2.15. The molecule has 98 valence electrons. The van der Waals surface area contributed by atoms with E-state index in [4.69, 9.17) is 5.84 Å². The SMILES string of the molecule is NNC(Cc1cccs1)Cn1cnc2ccccc21. The molecule has 3 rings (SSSR count). The highest BCUT2D eigenvalue weighted by atomic mass is 32.1. The summed E-state index contributed by atoms with van der Waals surface area (Å²) in [5.74, 6) is 5.67. The number of hydrogen-bond acceptors (Lipinski definition) is 4. The van der Waals surface area contributed by atoms with Gasteiger partial charge in [0.05, 0.1) is 17.4 Å². The van der Waals surface area contributed by atoms with Crippen molar-refractivity contribution in [1.82, 2.24) is 15.0 Å². The van der Waals surface area contributed by atoms with E-state index in [0.29, 0.717) is 0 Å². The summed E-state index contributed by atoms with van der Waals surface area (Å²) in [5, 5.41) is 2.09. The maximum atomic E-state index is 5.67. The van der Waals surface area contributed by atoms with Crippen molar-refractivity contribution in [1.29, 1.82) is 0 Å². The molecule has 0 radical (unpaired) electrons. The molecular weight excluding hydrogens is 256 g/mol. The fraction of sp³-hybridized carbons (Fsp3) is 0.214. The molecule has 0 amide bonds. The summed E-state index contributed by atoms with van der Waals surface area (Å²) in [7, 11) is 0. The van der Waals surface area contributed by atoms with Crippen LogP contribution in [-0.2, 0) is 13.0 Å². The molecule has 0 saturated heterocycles. The number of fused-ring (bicyclic) bond motifs is 1. The van der Waals surface area contributed by atoms with Gasteiger partial charge in [-0.15, -0.1) is 11.3 Å². The number of imidazole rings is 1. The molecule has 3 N–H and O–H groups in total. The quantitative estimate of drug-likeness (QED) is 0.553. The normalized spacial score (nSPS) is 12.9. The zero-order chi connectivity index (χ0) is 13.1. The second-order valence-electron chi connectivity index (χ2n) is 4.53. The molecule has 0 aliphatic heterocycles. The van der Waals surface area contributed by atoms with Crippen LogP contribution in [0.15, 0.2) is 48.1 Å². The van der Waals surface area contributed by atoms with Gasteiger partial charge in [0.25, 0.3) is 0 Å². The summed E-state index contributed by atoms with van der Waals surface area (Å²) >= 11 is 1.76. The Hall–Kier alpha value is -1.69. The third kappa shape index (κ3) is 2.68. The average Bonchev–Trinajstić information content (AvgIpc) is 3.08. The third-order valence-corrected chi connectivity index (χ3v) is 4.11. The Balaban J connectivity index is 1.78. The summed E-state index contributed by atoms with van der Waals surface area (Å²) in [6.45, 7) is 0.814. The minimum absolute atomic E-state index is 0.205. The van der Waals surface area contributed by atoms with Gasteiger partial charge in [-0.3, -0.25) is 11.3 Å².